The third kappa shape index (κ3) is 5.12. The molecule has 4 rings (SSSR count). The maximum atomic E-state index is 14.5. The van der Waals surface area contributed by atoms with E-state index in [-0.39, 0.29) is 28.5 Å². The highest BCUT2D eigenvalue weighted by atomic mass is 19.4. The summed E-state index contributed by atoms with van der Waals surface area (Å²) in [6.07, 6.45) is -0.0460. The second-order valence-electron chi connectivity index (χ2n) is 6.85. The minimum absolute atomic E-state index is 0.119. The van der Waals surface area contributed by atoms with Crippen LogP contribution in [0.15, 0.2) is 79.4 Å². The number of pyridine rings is 3. The molecule has 1 amide bonds. The van der Waals surface area contributed by atoms with Crippen LogP contribution < -0.4 is 10.6 Å². The SMILES string of the molecule is O=C(Nc1cncc(F)c1-c1ccccc1)c1ccnc(Nc2ccc(C(F)(F)F)cn2)c1. The summed E-state index contributed by atoms with van der Waals surface area (Å²) in [6.45, 7) is 0. The quantitative estimate of drug-likeness (QED) is 0.380. The van der Waals surface area contributed by atoms with Crippen molar-refractivity contribution in [3.63, 3.8) is 0 Å². The van der Waals surface area contributed by atoms with Crippen molar-refractivity contribution in [3.05, 3.63) is 96.3 Å². The van der Waals surface area contributed by atoms with Crippen molar-refractivity contribution in [2.45, 2.75) is 6.18 Å². The zero-order chi connectivity index (χ0) is 23.4. The number of anilines is 3. The van der Waals surface area contributed by atoms with E-state index in [0.717, 1.165) is 18.3 Å². The van der Waals surface area contributed by atoms with E-state index in [4.69, 9.17) is 0 Å². The molecule has 0 radical (unpaired) electrons. The lowest BCUT2D eigenvalue weighted by Crippen LogP contribution is -2.14. The van der Waals surface area contributed by atoms with E-state index in [2.05, 4.69) is 25.6 Å². The van der Waals surface area contributed by atoms with Crippen molar-refractivity contribution < 1.29 is 22.4 Å². The lowest BCUT2D eigenvalue weighted by molar-refractivity contribution is -0.137. The van der Waals surface area contributed by atoms with Gasteiger partial charge in [0.25, 0.3) is 5.91 Å². The zero-order valence-electron chi connectivity index (χ0n) is 16.8. The Morgan fingerprint density at radius 1 is 0.879 bits per heavy atom. The summed E-state index contributed by atoms with van der Waals surface area (Å²) in [5.74, 6) is -0.834. The summed E-state index contributed by atoms with van der Waals surface area (Å²) < 4.78 is 52.5. The Bertz CT molecular complexity index is 1280. The number of rotatable bonds is 5. The fraction of sp³-hybridized carbons (Fsp3) is 0.0435. The van der Waals surface area contributed by atoms with Gasteiger partial charge >= 0.3 is 6.18 Å². The molecule has 0 aliphatic heterocycles. The highest BCUT2D eigenvalue weighted by molar-refractivity contribution is 6.06. The Labute approximate surface area is 185 Å². The van der Waals surface area contributed by atoms with Crippen LogP contribution in [0.1, 0.15) is 15.9 Å². The predicted molar refractivity (Wildman–Crippen MR) is 114 cm³/mol. The molecule has 0 saturated heterocycles. The number of amides is 1. The number of aromatic nitrogens is 3. The number of halogens is 4. The monoisotopic (exact) mass is 453 g/mol. The molecular formula is C23H15F4N5O. The van der Waals surface area contributed by atoms with Gasteiger partial charge in [-0.15, -0.1) is 0 Å². The standard InChI is InChI=1S/C23H15F4N5O/c24-17-12-28-13-18(21(17)14-4-2-1-3-5-14)31-22(33)15-8-9-29-20(10-15)32-19-7-6-16(11-30-19)23(25,26)27/h1-13H,(H,31,33)(H,29,30,32). The van der Waals surface area contributed by atoms with Crippen LogP contribution in [0.25, 0.3) is 11.1 Å². The van der Waals surface area contributed by atoms with Crippen LogP contribution in [0, 0.1) is 5.82 Å². The van der Waals surface area contributed by atoms with Gasteiger partial charge in [-0.2, -0.15) is 13.2 Å². The number of benzene rings is 1. The number of nitrogens with one attached hydrogen (secondary N) is 2. The summed E-state index contributed by atoms with van der Waals surface area (Å²) in [5.41, 5.74) is 0.246. The molecule has 0 bridgehead atoms. The molecule has 4 aromatic rings. The van der Waals surface area contributed by atoms with Gasteiger partial charge in [-0.3, -0.25) is 9.78 Å². The van der Waals surface area contributed by atoms with Crippen LogP contribution in [0.2, 0.25) is 0 Å². The fourth-order valence-electron chi connectivity index (χ4n) is 3.03. The molecule has 0 aliphatic carbocycles. The molecule has 0 aliphatic rings. The zero-order valence-corrected chi connectivity index (χ0v) is 16.8. The summed E-state index contributed by atoms with van der Waals surface area (Å²) in [5, 5.41) is 5.39. The highest BCUT2D eigenvalue weighted by Gasteiger charge is 2.30. The average Bonchev–Trinajstić information content (AvgIpc) is 2.80. The van der Waals surface area contributed by atoms with Crippen LogP contribution in [0.3, 0.4) is 0 Å². The molecule has 10 heteroatoms. The summed E-state index contributed by atoms with van der Waals surface area (Å²) >= 11 is 0. The minimum atomic E-state index is -4.49. The van der Waals surface area contributed by atoms with Crippen LogP contribution in [0.4, 0.5) is 34.9 Å². The Kier molecular flexibility index (Phi) is 5.99. The van der Waals surface area contributed by atoms with Crippen molar-refractivity contribution in [1.82, 2.24) is 15.0 Å². The first-order valence-corrected chi connectivity index (χ1v) is 9.58. The van der Waals surface area contributed by atoms with E-state index < -0.39 is 23.5 Å². The van der Waals surface area contributed by atoms with E-state index in [9.17, 15) is 22.4 Å². The van der Waals surface area contributed by atoms with Gasteiger partial charge in [0, 0.05) is 23.5 Å². The van der Waals surface area contributed by atoms with Crippen molar-refractivity contribution in [2.24, 2.45) is 0 Å². The molecule has 6 nitrogen and oxygen atoms in total. The lowest BCUT2D eigenvalue weighted by atomic mass is 10.0. The minimum Gasteiger partial charge on any atom is -0.325 e. The lowest BCUT2D eigenvalue weighted by Gasteiger charge is -2.12. The Morgan fingerprint density at radius 2 is 1.67 bits per heavy atom. The van der Waals surface area contributed by atoms with Crippen molar-refractivity contribution in [2.75, 3.05) is 10.6 Å². The van der Waals surface area contributed by atoms with E-state index in [1.165, 1.54) is 24.5 Å². The van der Waals surface area contributed by atoms with Crippen molar-refractivity contribution in [3.8, 4) is 11.1 Å². The Balaban J connectivity index is 1.54. The maximum absolute atomic E-state index is 14.5. The summed E-state index contributed by atoms with van der Waals surface area (Å²) in [7, 11) is 0. The number of nitrogens with zero attached hydrogens (tertiary/aromatic N) is 3. The molecule has 3 heterocycles. The maximum Gasteiger partial charge on any atom is 0.417 e. The fourth-order valence-corrected chi connectivity index (χ4v) is 3.03. The molecule has 0 unspecified atom stereocenters. The molecule has 166 valence electrons. The second kappa shape index (κ2) is 9.03. The number of carbonyl (C=O) groups is 1. The van der Waals surface area contributed by atoms with Crippen molar-refractivity contribution in [1.29, 1.82) is 0 Å². The van der Waals surface area contributed by atoms with Gasteiger partial charge in [0.15, 0.2) is 5.82 Å². The molecule has 33 heavy (non-hydrogen) atoms. The molecule has 1 aromatic carbocycles. The number of alkyl halides is 3. The normalized spacial score (nSPS) is 11.2. The van der Waals surface area contributed by atoms with Gasteiger partial charge in [-0.25, -0.2) is 14.4 Å². The van der Waals surface area contributed by atoms with Crippen LogP contribution in [0.5, 0.6) is 0 Å². The van der Waals surface area contributed by atoms with Crippen LogP contribution >= 0.6 is 0 Å². The number of hydrogen-bond acceptors (Lipinski definition) is 5. The molecule has 3 aromatic heterocycles. The van der Waals surface area contributed by atoms with Gasteiger partial charge in [0.1, 0.15) is 11.6 Å². The van der Waals surface area contributed by atoms with E-state index >= 15 is 0 Å². The van der Waals surface area contributed by atoms with Crippen LogP contribution in [-0.2, 0) is 6.18 Å². The highest BCUT2D eigenvalue weighted by Crippen LogP contribution is 2.31. The predicted octanol–water partition coefficient (Wildman–Crippen LogP) is 5.69. The van der Waals surface area contributed by atoms with Gasteiger partial charge in [0.2, 0.25) is 0 Å². The first-order chi connectivity index (χ1) is 15.8. The second-order valence-corrected chi connectivity index (χ2v) is 6.85. The average molecular weight is 453 g/mol. The number of hydrogen-bond donors (Lipinski definition) is 2. The van der Waals surface area contributed by atoms with Gasteiger partial charge in [-0.05, 0) is 29.8 Å². The van der Waals surface area contributed by atoms with Gasteiger partial charge in [0.05, 0.1) is 23.6 Å². The number of carbonyl (C=O) groups excluding carboxylic acids is 1. The largest absolute Gasteiger partial charge is 0.417 e. The third-order valence-electron chi connectivity index (χ3n) is 4.58. The van der Waals surface area contributed by atoms with Gasteiger partial charge in [-0.1, -0.05) is 30.3 Å². The van der Waals surface area contributed by atoms with E-state index in [0.29, 0.717) is 11.8 Å². The summed E-state index contributed by atoms with van der Waals surface area (Å²) in [6, 6.07) is 13.6. The molecule has 0 saturated carbocycles. The van der Waals surface area contributed by atoms with Crippen molar-refractivity contribution >= 4 is 23.2 Å². The Hall–Kier alpha value is -4.34. The first-order valence-electron chi connectivity index (χ1n) is 9.58. The Morgan fingerprint density at radius 3 is 2.36 bits per heavy atom. The third-order valence-corrected chi connectivity index (χ3v) is 4.58. The first kappa shape index (κ1) is 21.9. The molecule has 2 N–H and O–H groups in total. The van der Waals surface area contributed by atoms with Crippen LogP contribution in [-0.4, -0.2) is 20.9 Å². The van der Waals surface area contributed by atoms with E-state index in [1.54, 1.807) is 30.3 Å². The molecule has 0 atom stereocenters. The molecular weight excluding hydrogens is 438 g/mol. The molecule has 0 spiro atoms. The summed E-state index contributed by atoms with van der Waals surface area (Å²) in [4.78, 5) is 24.4. The topological polar surface area (TPSA) is 79.8 Å². The molecule has 0 fully saturated rings. The smallest absolute Gasteiger partial charge is 0.325 e. The van der Waals surface area contributed by atoms with E-state index in [1.807, 2.05) is 0 Å². The van der Waals surface area contributed by atoms with Gasteiger partial charge < -0.3 is 10.6 Å².